The van der Waals surface area contributed by atoms with Crippen LogP contribution in [-0.4, -0.2) is 38.4 Å². The molecule has 3 aromatic rings. The van der Waals surface area contributed by atoms with Gasteiger partial charge in [-0.15, -0.1) is 0 Å². The molecule has 1 aromatic heterocycles. The average Bonchev–Trinajstić information content (AvgIpc) is 3.08. The zero-order valence-electron chi connectivity index (χ0n) is 15.7. The Hall–Kier alpha value is -3.68. The molecule has 0 spiro atoms. The number of aromatic amines is 1. The van der Waals surface area contributed by atoms with Crippen LogP contribution in [0.4, 0.5) is 5.69 Å². The minimum atomic E-state index is -0.464. The van der Waals surface area contributed by atoms with Crippen molar-refractivity contribution in [2.45, 2.75) is 18.9 Å². The molecule has 1 aliphatic heterocycles. The number of nitrogens with one attached hydrogen (secondary N) is 1. The third-order valence-electron chi connectivity index (χ3n) is 5.30. The summed E-state index contributed by atoms with van der Waals surface area (Å²) in [6.07, 6.45) is 4.21. The molecule has 1 amide bonds. The van der Waals surface area contributed by atoms with Crippen LogP contribution in [0.2, 0.25) is 0 Å². The van der Waals surface area contributed by atoms with Crippen molar-refractivity contribution >= 4 is 28.7 Å². The predicted molar refractivity (Wildman–Crippen MR) is 110 cm³/mol. The molecule has 148 valence electrons. The Labute approximate surface area is 166 Å². The second-order valence-electron chi connectivity index (χ2n) is 7.02. The van der Waals surface area contributed by atoms with Crippen molar-refractivity contribution in [3.05, 3.63) is 80.8 Å². The molecule has 4 rings (SSSR count). The normalized spacial score (nSPS) is 15.2. The van der Waals surface area contributed by atoms with Gasteiger partial charge in [0.25, 0.3) is 5.69 Å². The standard InChI is InChI=1S/C21H20N4O4/c26-20(10-9-15-5-1-3-7-18(15)25(28)29)23-13-11-16(12-14-23)24-19-8-4-2-6-17(19)22-21(24)27/h1-10,16H,11-14H2,(H,22,27)/b10-9+. The molecule has 8 nitrogen and oxygen atoms in total. The number of hydrogen-bond donors (Lipinski definition) is 1. The number of H-pyrrole nitrogens is 1. The van der Waals surface area contributed by atoms with Gasteiger partial charge in [-0.05, 0) is 37.1 Å². The Morgan fingerprint density at radius 3 is 2.55 bits per heavy atom. The van der Waals surface area contributed by atoms with Crippen molar-refractivity contribution in [3.63, 3.8) is 0 Å². The van der Waals surface area contributed by atoms with E-state index in [2.05, 4.69) is 4.98 Å². The maximum absolute atomic E-state index is 12.5. The summed E-state index contributed by atoms with van der Waals surface area (Å²) in [4.78, 5) is 40.1. The highest BCUT2D eigenvalue weighted by atomic mass is 16.6. The summed E-state index contributed by atoms with van der Waals surface area (Å²) in [5, 5.41) is 11.1. The number of nitrogens with zero attached hydrogens (tertiary/aromatic N) is 3. The number of piperidine rings is 1. The molecular weight excluding hydrogens is 372 g/mol. The van der Waals surface area contributed by atoms with Gasteiger partial charge < -0.3 is 9.88 Å². The SMILES string of the molecule is O=C(/C=C/c1ccccc1[N+](=O)[O-])N1CCC(n2c(=O)[nH]c3ccccc32)CC1. The number of carbonyl (C=O) groups excluding carboxylic acids is 1. The van der Waals surface area contributed by atoms with E-state index in [1.54, 1.807) is 27.7 Å². The molecule has 0 radical (unpaired) electrons. The van der Waals surface area contributed by atoms with Gasteiger partial charge in [0, 0.05) is 31.3 Å². The van der Waals surface area contributed by atoms with Gasteiger partial charge in [0.15, 0.2) is 0 Å². The van der Waals surface area contributed by atoms with Crippen LogP contribution in [0.5, 0.6) is 0 Å². The number of amides is 1. The fourth-order valence-corrected chi connectivity index (χ4v) is 3.84. The number of aromatic nitrogens is 2. The zero-order valence-corrected chi connectivity index (χ0v) is 15.7. The first-order valence-electron chi connectivity index (χ1n) is 9.44. The van der Waals surface area contributed by atoms with Gasteiger partial charge in [0.2, 0.25) is 5.91 Å². The Morgan fingerprint density at radius 2 is 1.79 bits per heavy atom. The number of hydrogen-bond acceptors (Lipinski definition) is 4. The van der Waals surface area contributed by atoms with Crippen LogP contribution in [0.1, 0.15) is 24.4 Å². The van der Waals surface area contributed by atoms with E-state index >= 15 is 0 Å². The molecule has 0 aliphatic carbocycles. The van der Waals surface area contributed by atoms with Gasteiger partial charge in [-0.2, -0.15) is 0 Å². The number of nitro groups is 1. The monoisotopic (exact) mass is 392 g/mol. The first kappa shape index (κ1) is 18.7. The molecule has 29 heavy (non-hydrogen) atoms. The van der Waals surface area contributed by atoms with Crippen LogP contribution in [0.3, 0.4) is 0 Å². The second kappa shape index (κ2) is 7.75. The van der Waals surface area contributed by atoms with Crippen molar-refractivity contribution in [1.29, 1.82) is 0 Å². The maximum Gasteiger partial charge on any atom is 0.326 e. The van der Waals surface area contributed by atoms with E-state index < -0.39 is 4.92 Å². The van der Waals surface area contributed by atoms with Crippen LogP contribution in [0.25, 0.3) is 17.1 Å². The number of fused-ring (bicyclic) bond motifs is 1. The van der Waals surface area contributed by atoms with Crippen LogP contribution < -0.4 is 5.69 Å². The summed E-state index contributed by atoms with van der Waals surface area (Å²) in [5.41, 5.74) is 1.91. The molecule has 2 aromatic carbocycles. The van der Waals surface area contributed by atoms with Crippen molar-refractivity contribution < 1.29 is 9.72 Å². The van der Waals surface area contributed by atoms with E-state index in [1.165, 1.54) is 18.2 Å². The van der Waals surface area contributed by atoms with E-state index in [-0.39, 0.29) is 23.3 Å². The predicted octanol–water partition coefficient (Wildman–Crippen LogP) is 3.11. The van der Waals surface area contributed by atoms with Gasteiger partial charge >= 0.3 is 5.69 Å². The summed E-state index contributed by atoms with van der Waals surface area (Å²) in [5.74, 6) is -0.187. The molecule has 0 bridgehead atoms. The Bertz CT molecular complexity index is 1150. The number of carbonyl (C=O) groups is 1. The van der Waals surface area contributed by atoms with Crippen LogP contribution >= 0.6 is 0 Å². The third-order valence-corrected chi connectivity index (χ3v) is 5.30. The average molecular weight is 392 g/mol. The van der Waals surface area contributed by atoms with Crippen molar-refractivity contribution in [2.24, 2.45) is 0 Å². The summed E-state index contributed by atoms with van der Waals surface area (Å²) in [6.45, 7) is 1.05. The molecular formula is C21H20N4O4. The molecule has 1 fully saturated rings. The van der Waals surface area contributed by atoms with Crippen molar-refractivity contribution in [3.8, 4) is 0 Å². The lowest BCUT2D eigenvalue weighted by molar-refractivity contribution is -0.385. The first-order valence-corrected chi connectivity index (χ1v) is 9.44. The number of para-hydroxylation sites is 3. The number of imidazole rings is 1. The Kier molecular flexibility index (Phi) is 4.99. The first-order chi connectivity index (χ1) is 14.0. The number of benzene rings is 2. The van der Waals surface area contributed by atoms with E-state index in [0.717, 1.165) is 11.0 Å². The van der Waals surface area contributed by atoms with Gasteiger partial charge in [-0.25, -0.2) is 4.79 Å². The molecule has 0 atom stereocenters. The third kappa shape index (κ3) is 3.69. The molecule has 1 N–H and O–H groups in total. The van der Waals surface area contributed by atoms with E-state index in [1.807, 2.05) is 24.3 Å². The Morgan fingerprint density at radius 1 is 1.10 bits per heavy atom. The lowest BCUT2D eigenvalue weighted by Gasteiger charge is -2.32. The van der Waals surface area contributed by atoms with E-state index in [9.17, 15) is 19.7 Å². The van der Waals surface area contributed by atoms with Crippen LogP contribution in [0, 0.1) is 10.1 Å². The van der Waals surface area contributed by atoms with E-state index in [0.29, 0.717) is 31.5 Å². The van der Waals surface area contributed by atoms with Gasteiger partial charge in [0.1, 0.15) is 0 Å². The summed E-state index contributed by atoms with van der Waals surface area (Å²) in [7, 11) is 0. The molecule has 8 heteroatoms. The lowest BCUT2D eigenvalue weighted by atomic mass is 10.0. The summed E-state index contributed by atoms with van der Waals surface area (Å²) in [6, 6.07) is 13.9. The second-order valence-corrected chi connectivity index (χ2v) is 7.02. The highest BCUT2D eigenvalue weighted by Crippen LogP contribution is 2.25. The smallest absolute Gasteiger partial charge is 0.326 e. The summed E-state index contributed by atoms with van der Waals surface area (Å²) >= 11 is 0. The number of likely N-dealkylation sites (tertiary alicyclic amines) is 1. The largest absolute Gasteiger partial charge is 0.339 e. The fraction of sp³-hybridized carbons (Fsp3) is 0.238. The van der Waals surface area contributed by atoms with Gasteiger partial charge in [0.05, 0.1) is 21.5 Å². The minimum Gasteiger partial charge on any atom is -0.339 e. The van der Waals surface area contributed by atoms with E-state index in [4.69, 9.17) is 0 Å². The van der Waals surface area contributed by atoms with Crippen LogP contribution in [0.15, 0.2) is 59.4 Å². The summed E-state index contributed by atoms with van der Waals surface area (Å²) < 4.78 is 1.78. The molecule has 2 heterocycles. The topological polar surface area (TPSA) is 101 Å². The molecule has 0 unspecified atom stereocenters. The molecule has 1 aliphatic rings. The van der Waals surface area contributed by atoms with Crippen LogP contribution in [-0.2, 0) is 4.79 Å². The lowest BCUT2D eigenvalue weighted by Crippen LogP contribution is -2.39. The maximum atomic E-state index is 12.5. The fourth-order valence-electron chi connectivity index (χ4n) is 3.84. The number of nitro benzene ring substituents is 1. The minimum absolute atomic E-state index is 0.0295. The number of rotatable bonds is 4. The molecule has 1 saturated heterocycles. The van der Waals surface area contributed by atoms with Crippen molar-refractivity contribution in [2.75, 3.05) is 13.1 Å². The Balaban J connectivity index is 1.45. The molecule has 0 saturated carbocycles. The highest BCUT2D eigenvalue weighted by Gasteiger charge is 2.25. The van der Waals surface area contributed by atoms with Gasteiger partial charge in [-0.3, -0.25) is 19.5 Å². The zero-order chi connectivity index (χ0) is 20.4. The van der Waals surface area contributed by atoms with Crippen molar-refractivity contribution in [1.82, 2.24) is 14.5 Å². The highest BCUT2D eigenvalue weighted by molar-refractivity contribution is 5.92. The quantitative estimate of drug-likeness (QED) is 0.419. The van der Waals surface area contributed by atoms with Gasteiger partial charge in [-0.1, -0.05) is 24.3 Å².